The highest BCUT2D eigenvalue weighted by atomic mass is 16.3. The number of amides is 1. The van der Waals surface area contributed by atoms with Crippen LogP contribution in [0.1, 0.15) is 30.1 Å². The van der Waals surface area contributed by atoms with E-state index in [1.54, 1.807) is 6.20 Å². The van der Waals surface area contributed by atoms with Gasteiger partial charge in [0.2, 0.25) is 0 Å². The summed E-state index contributed by atoms with van der Waals surface area (Å²) in [6.07, 6.45) is 3.62. The van der Waals surface area contributed by atoms with Crippen LogP contribution in [0.15, 0.2) is 42.6 Å². The Labute approximate surface area is 160 Å². The summed E-state index contributed by atoms with van der Waals surface area (Å²) in [6, 6.07) is 11.3. The molecule has 3 rings (SSSR count). The van der Waals surface area contributed by atoms with Gasteiger partial charge < -0.3 is 20.2 Å². The Bertz CT molecular complexity index is 755. The highest BCUT2D eigenvalue weighted by Crippen LogP contribution is 2.28. The maximum absolute atomic E-state index is 12.7. The lowest BCUT2D eigenvalue weighted by Gasteiger charge is -2.33. The fourth-order valence-electron chi connectivity index (χ4n) is 3.32. The Morgan fingerprint density at radius 3 is 2.59 bits per heavy atom. The van der Waals surface area contributed by atoms with E-state index in [0.29, 0.717) is 11.5 Å². The largest absolute Gasteiger partial charge is 0.396 e. The number of nitrogens with zero attached hydrogens (tertiary/aromatic N) is 3. The second-order valence-electron chi connectivity index (χ2n) is 7.00. The third kappa shape index (κ3) is 4.57. The fourth-order valence-corrected chi connectivity index (χ4v) is 3.32. The minimum atomic E-state index is -0.139. The van der Waals surface area contributed by atoms with Crippen molar-refractivity contribution in [1.82, 2.24) is 4.98 Å². The number of benzene rings is 1. The molecule has 2 N–H and O–H groups in total. The molecule has 1 aliphatic heterocycles. The van der Waals surface area contributed by atoms with E-state index in [0.717, 1.165) is 49.7 Å². The first kappa shape index (κ1) is 19.2. The number of carbonyl (C=O) groups excluding carboxylic acids is 1. The van der Waals surface area contributed by atoms with Crippen LogP contribution in [0.5, 0.6) is 0 Å². The van der Waals surface area contributed by atoms with Gasteiger partial charge in [-0.2, -0.15) is 0 Å². The Morgan fingerprint density at radius 2 is 1.96 bits per heavy atom. The Balaban J connectivity index is 1.71. The number of piperidine rings is 1. The number of nitrogens with one attached hydrogen (secondary N) is 1. The molecule has 0 unspecified atom stereocenters. The highest BCUT2D eigenvalue weighted by Gasteiger charge is 2.22. The van der Waals surface area contributed by atoms with Crippen molar-refractivity contribution in [1.29, 1.82) is 0 Å². The van der Waals surface area contributed by atoms with E-state index in [1.807, 2.05) is 43.4 Å². The number of hydrogen-bond donors (Lipinski definition) is 2. The molecule has 6 nitrogen and oxygen atoms in total. The van der Waals surface area contributed by atoms with Gasteiger partial charge in [-0.05, 0) is 62.1 Å². The number of rotatable bonds is 6. The summed E-state index contributed by atoms with van der Waals surface area (Å²) in [5.74, 6) is 1.02. The molecule has 1 saturated heterocycles. The van der Waals surface area contributed by atoms with Crippen molar-refractivity contribution in [2.45, 2.75) is 19.8 Å². The summed E-state index contributed by atoms with van der Waals surface area (Å²) < 4.78 is 0. The maximum Gasteiger partial charge on any atom is 0.255 e. The number of aliphatic hydroxyl groups is 1. The topological polar surface area (TPSA) is 68.7 Å². The lowest BCUT2D eigenvalue weighted by molar-refractivity contribution is 0.102. The molecule has 1 aliphatic rings. The zero-order chi connectivity index (χ0) is 19.2. The van der Waals surface area contributed by atoms with Crippen LogP contribution in [-0.2, 0) is 0 Å². The highest BCUT2D eigenvalue weighted by molar-refractivity contribution is 6.05. The minimum Gasteiger partial charge on any atom is -0.396 e. The number of carbonyl (C=O) groups is 1. The number of aliphatic hydroxyl groups excluding tert-OH is 1. The van der Waals surface area contributed by atoms with Gasteiger partial charge in [0.15, 0.2) is 5.82 Å². The molecule has 1 fully saturated rings. The van der Waals surface area contributed by atoms with Gasteiger partial charge in [-0.1, -0.05) is 0 Å². The Hall–Kier alpha value is -2.60. The van der Waals surface area contributed by atoms with Gasteiger partial charge in [-0.15, -0.1) is 0 Å². The van der Waals surface area contributed by atoms with E-state index >= 15 is 0 Å². The summed E-state index contributed by atoms with van der Waals surface area (Å²) in [6.45, 7) is 4.92. The summed E-state index contributed by atoms with van der Waals surface area (Å²) in [7, 11) is 2.02. The average Bonchev–Trinajstić information content (AvgIpc) is 2.73. The van der Waals surface area contributed by atoms with Gasteiger partial charge in [0, 0.05) is 50.7 Å². The van der Waals surface area contributed by atoms with Crippen LogP contribution in [0, 0.1) is 5.92 Å². The van der Waals surface area contributed by atoms with Crippen LogP contribution >= 0.6 is 0 Å². The van der Waals surface area contributed by atoms with E-state index in [2.05, 4.69) is 27.0 Å². The third-order valence-corrected chi connectivity index (χ3v) is 5.25. The second kappa shape index (κ2) is 8.86. The summed E-state index contributed by atoms with van der Waals surface area (Å²) in [4.78, 5) is 21.5. The van der Waals surface area contributed by atoms with Crippen molar-refractivity contribution >= 4 is 23.1 Å². The van der Waals surface area contributed by atoms with Crippen molar-refractivity contribution in [2.75, 3.05) is 48.4 Å². The quantitative estimate of drug-likeness (QED) is 0.820. The Morgan fingerprint density at radius 1 is 1.26 bits per heavy atom. The molecule has 0 bridgehead atoms. The van der Waals surface area contributed by atoms with Crippen LogP contribution in [0.4, 0.5) is 17.2 Å². The van der Waals surface area contributed by atoms with E-state index in [9.17, 15) is 9.90 Å². The molecule has 1 amide bonds. The van der Waals surface area contributed by atoms with Gasteiger partial charge in [0.05, 0.1) is 5.69 Å². The molecule has 1 aromatic heterocycles. The summed E-state index contributed by atoms with van der Waals surface area (Å²) in [5.41, 5.74) is 2.43. The molecule has 2 heterocycles. The first-order valence-corrected chi connectivity index (χ1v) is 9.55. The lowest BCUT2D eigenvalue weighted by Crippen LogP contribution is -2.35. The van der Waals surface area contributed by atoms with Gasteiger partial charge in [-0.25, -0.2) is 4.98 Å². The molecule has 144 valence electrons. The third-order valence-electron chi connectivity index (χ3n) is 5.25. The number of pyridine rings is 1. The van der Waals surface area contributed by atoms with Crippen LogP contribution in [0.3, 0.4) is 0 Å². The molecule has 2 aromatic rings. The zero-order valence-electron chi connectivity index (χ0n) is 16.1. The number of aromatic nitrogens is 1. The predicted molar refractivity (Wildman–Crippen MR) is 110 cm³/mol. The second-order valence-corrected chi connectivity index (χ2v) is 7.00. The maximum atomic E-state index is 12.7. The lowest BCUT2D eigenvalue weighted by atomic mass is 9.98. The summed E-state index contributed by atoms with van der Waals surface area (Å²) in [5, 5.41) is 12.3. The standard InChI is InChI=1S/C21H28N4O2/c1-3-24(2)18-8-6-17(7-9-18)21(27)23-19-5-4-12-22-20(19)25-13-10-16(15-26)11-14-25/h4-9,12,16,26H,3,10-11,13-15H2,1-2H3,(H,23,27). The Kier molecular flexibility index (Phi) is 6.29. The van der Waals surface area contributed by atoms with Crippen molar-refractivity contribution in [3.05, 3.63) is 48.2 Å². The molecule has 0 saturated carbocycles. The molecule has 0 spiro atoms. The van der Waals surface area contributed by atoms with Gasteiger partial charge in [-0.3, -0.25) is 4.79 Å². The van der Waals surface area contributed by atoms with Crippen molar-refractivity contribution in [2.24, 2.45) is 5.92 Å². The minimum absolute atomic E-state index is 0.139. The molecule has 0 radical (unpaired) electrons. The SMILES string of the molecule is CCN(C)c1ccc(C(=O)Nc2cccnc2N2CCC(CO)CC2)cc1. The van der Waals surface area contributed by atoms with Crippen molar-refractivity contribution < 1.29 is 9.90 Å². The van der Waals surface area contributed by atoms with E-state index < -0.39 is 0 Å². The van der Waals surface area contributed by atoms with Gasteiger partial charge >= 0.3 is 0 Å². The zero-order valence-corrected chi connectivity index (χ0v) is 16.1. The first-order valence-electron chi connectivity index (χ1n) is 9.55. The molecule has 0 aliphatic carbocycles. The van der Waals surface area contributed by atoms with Crippen molar-refractivity contribution in [3.63, 3.8) is 0 Å². The molecule has 0 atom stereocenters. The molecule has 27 heavy (non-hydrogen) atoms. The van der Waals surface area contributed by atoms with Crippen LogP contribution in [0.2, 0.25) is 0 Å². The summed E-state index contributed by atoms with van der Waals surface area (Å²) >= 11 is 0. The number of anilines is 3. The van der Waals surface area contributed by atoms with Crippen molar-refractivity contribution in [3.8, 4) is 0 Å². The van der Waals surface area contributed by atoms with Crippen LogP contribution in [-0.4, -0.2) is 49.3 Å². The molecule has 1 aromatic carbocycles. The average molecular weight is 368 g/mol. The van der Waals surface area contributed by atoms with E-state index in [1.165, 1.54) is 0 Å². The van der Waals surface area contributed by atoms with Gasteiger partial charge in [0.1, 0.15) is 0 Å². The molecular weight excluding hydrogens is 340 g/mol. The van der Waals surface area contributed by atoms with E-state index in [4.69, 9.17) is 0 Å². The van der Waals surface area contributed by atoms with Crippen LogP contribution < -0.4 is 15.1 Å². The van der Waals surface area contributed by atoms with E-state index in [-0.39, 0.29) is 12.5 Å². The normalized spacial score (nSPS) is 14.9. The fraction of sp³-hybridized carbons (Fsp3) is 0.429. The molecule has 6 heteroatoms. The number of hydrogen-bond acceptors (Lipinski definition) is 5. The molecular formula is C21H28N4O2. The smallest absolute Gasteiger partial charge is 0.255 e. The van der Waals surface area contributed by atoms with Crippen LogP contribution in [0.25, 0.3) is 0 Å². The monoisotopic (exact) mass is 368 g/mol. The van der Waals surface area contributed by atoms with Gasteiger partial charge in [0.25, 0.3) is 5.91 Å². The first-order chi connectivity index (χ1) is 13.1. The predicted octanol–water partition coefficient (Wildman–Crippen LogP) is 3.00.